The predicted octanol–water partition coefficient (Wildman–Crippen LogP) is 6.56. The maximum atomic E-state index is 12.4. The third-order valence-electron chi connectivity index (χ3n) is 6.26. The molecule has 0 unspecified atom stereocenters. The number of hydrazone groups is 1. The molecule has 3 aromatic carbocycles. The fraction of sp³-hybridized carbons (Fsp3) is 0.355. The molecule has 0 aliphatic heterocycles. The molecule has 8 heteroatoms. The fourth-order valence-electron chi connectivity index (χ4n) is 4.01. The van der Waals surface area contributed by atoms with Crippen LogP contribution < -0.4 is 10.2 Å². The maximum absolute atomic E-state index is 12.4. The summed E-state index contributed by atoms with van der Waals surface area (Å²) < 4.78 is 5.73. The Hall–Kier alpha value is -4.20. The summed E-state index contributed by atoms with van der Waals surface area (Å²) in [7, 11) is 0. The zero-order valence-corrected chi connectivity index (χ0v) is 23.4. The zero-order chi connectivity index (χ0) is 28.8. The number of benzene rings is 3. The molecule has 2 N–H and O–H groups in total. The predicted molar refractivity (Wildman–Crippen MR) is 153 cm³/mol. The van der Waals surface area contributed by atoms with Crippen LogP contribution in [0.1, 0.15) is 75.8 Å². The summed E-state index contributed by atoms with van der Waals surface area (Å²) in [5.74, 6) is 0.778. The summed E-state index contributed by atoms with van der Waals surface area (Å²) in [5, 5.41) is 25.7. The van der Waals surface area contributed by atoms with Crippen molar-refractivity contribution in [2.75, 3.05) is 0 Å². The van der Waals surface area contributed by atoms with E-state index in [0.717, 1.165) is 27.8 Å². The van der Waals surface area contributed by atoms with Crippen LogP contribution in [0.2, 0.25) is 0 Å². The Kier molecular flexibility index (Phi) is 9.11. The molecular weight excluding hydrogens is 494 g/mol. The van der Waals surface area contributed by atoms with Gasteiger partial charge in [-0.25, -0.2) is 5.43 Å². The molecule has 39 heavy (non-hydrogen) atoms. The lowest BCUT2D eigenvalue weighted by molar-refractivity contribution is -0.384. The number of carbonyl (C=O) groups is 1. The van der Waals surface area contributed by atoms with E-state index in [1.165, 1.54) is 12.1 Å². The zero-order valence-electron chi connectivity index (χ0n) is 23.4. The SMILES string of the molecule is CC(C)(C)c1cc(CCC(=O)N/N=C\c2ccc(OCc3ccc([N+](=O)[O-])cc3)cc2)cc(C(C)(C)C)c1O. The number of phenolic OH excluding ortho intramolecular Hbond substituents is 1. The third-order valence-corrected chi connectivity index (χ3v) is 6.26. The number of ether oxygens (including phenoxy) is 1. The molecule has 0 fully saturated rings. The van der Waals surface area contributed by atoms with E-state index in [1.807, 2.05) is 24.3 Å². The van der Waals surface area contributed by atoms with Gasteiger partial charge in [-0.15, -0.1) is 0 Å². The Morgan fingerprint density at radius 1 is 0.949 bits per heavy atom. The first-order chi connectivity index (χ1) is 18.2. The molecule has 0 aliphatic carbocycles. The number of hydrogen-bond acceptors (Lipinski definition) is 6. The van der Waals surface area contributed by atoms with E-state index in [-0.39, 0.29) is 35.5 Å². The fourth-order valence-corrected chi connectivity index (χ4v) is 4.01. The van der Waals surface area contributed by atoms with Crippen molar-refractivity contribution >= 4 is 17.8 Å². The van der Waals surface area contributed by atoms with E-state index in [1.54, 1.807) is 30.5 Å². The van der Waals surface area contributed by atoms with Crippen molar-refractivity contribution in [2.45, 2.75) is 71.8 Å². The minimum absolute atomic E-state index is 0.0409. The summed E-state index contributed by atoms with van der Waals surface area (Å²) in [5.41, 5.74) is 6.55. The Morgan fingerprint density at radius 2 is 1.51 bits per heavy atom. The average molecular weight is 532 g/mol. The first-order valence-corrected chi connectivity index (χ1v) is 12.9. The lowest BCUT2D eigenvalue weighted by atomic mass is 9.78. The van der Waals surface area contributed by atoms with Crippen molar-refractivity contribution in [3.63, 3.8) is 0 Å². The Labute approximate surface area is 229 Å². The van der Waals surface area contributed by atoms with Crippen LogP contribution in [-0.4, -0.2) is 22.2 Å². The molecular formula is C31H37N3O5. The lowest BCUT2D eigenvalue weighted by Crippen LogP contribution is -2.20. The number of nitrogens with zero attached hydrogens (tertiary/aromatic N) is 2. The first-order valence-electron chi connectivity index (χ1n) is 12.9. The number of non-ortho nitro benzene ring substituents is 1. The Balaban J connectivity index is 1.53. The normalized spacial score (nSPS) is 11.9. The summed E-state index contributed by atoms with van der Waals surface area (Å²) in [6.07, 6.45) is 2.37. The summed E-state index contributed by atoms with van der Waals surface area (Å²) >= 11 is 0. The van der Waals surface area contributed by atoms with Crippen LogP contribution in [-0.2, 0) is 28.7 Å². The summed E-state index contributed by atoms with van der Waals surface area (Å²) in [4.78, 5) is 22.8. The molecule has 206 valence electrons. The van der Waals surface area contributed by atoms with Gasteiger partial charge in [-0.3, -0.25) is 14.9 Å². The van der Waals surface area contributed by atoms with E-state index in [9.17, 15) is 20.0 Å². The van der Waals surface area contributed by atoms with E-state index < -0.39 is 4.92 Å². The van der Waals surface area contributed by atoms with Crippen molar-refractivity contribution in [2.24, 2.45) is 5.10 Å². The molecule has 3 rings (SSSR count). The van der Waals surface area contributed by atoms with Crippen LogP contribution in [0.4, 0.5) is 5.69 Å². The van der Waals surface area contributed by atoms with Crippen molar-refractivity contribution in [1.82, 2.24) is 5.43 Å². The van der Waals surface area contributed by atoms with Gasteiger partial charge in [0.15, 0.2) is 0 Å². The molecule has 0 heterocycles. The highest BCUT2D eigenvalue weighted by atomic mass is 16.6. The van der Waals surface area contributed by atoms with Crippen LogP contribution in [0.25, 0.3) is 0 Å². The van der Waals surface area contributed by atoms with Gasteiger partial charge in [0.2, 0.25) is 5.91 Å². The van der Waals surface area contributed by atoms with Gasteiger partial charge in [-0.1, -0.05) is 53.7 Å². The number of rotatable bonds is 9. The van der Waals surface area contributed by atoms with E-state index >= 15 is 0 Å². The second-order valence-corrected chi connectivity index (χ2v) is 11.6. The molecule has 0 saturated heterocycles. The number of carbonyl (C=O) groups excluding carboxylic acids is 1. The largest absolute Gasteiger partial charge is 0.507 e. The van der Waals surface area contributed by atoms with E-state index in [2.05, 4.69) is 52.1 Å². The molecule has 0 radical (unpaired) electrons. The van der Waals surface area contributed by atoms with Crippen LogP contribution in [0, 0.1) is 10.1 Å². The van der Waals surface area contributed by atoms with E-state index in [0.29, 0.717) is 17.9 Å². The minimum atomic E-state index is -0.436. The van der Waals surface area contributed by atoms with Gasteiger partial charge in [0.25, 0.3) is 5.69 Å². The quantitative estimate of drug-likeness (QED) is 0.184. The number of phenols is 1. The third kappa shape index (κ3) is 8.40. The Bertz CT molecular complexity index is 1300. The first kappa shape index (κ1) is 29.4. The highest BCUT2D eigenvalue weighted by Crippen LogP contribution is 2.40. The second kappa shape index (κ2) is 12.1. The topological polar surface area (TPSA) is 114 Å². The smallest absolute Gasteiger partial charge is 0.269 e. The minimum Gasteiger partial charge on any atom is -0.507 e. The van der Waals surface area contributed by atoms with Gasteiger partial charge in [0, 0.05) is 18.6 Å². The van der Waals surface area contributed by atoms with Gasteiger partial charge in [0.1, 0.15) is 18.1 Å². The summed E-state index contributed by atoms with van der Waals surface area (Å²) in [6.45, 7) is 12.7. The maximum Gasteiger partial charge on any atom is 0.269 e. The number of nitro groups is 1. The molecule has 0 spiro atoms. The standard InChI is InChI=1S/C31H37N3O5/c1-30(2,3)26-17-23(18-27(29(26)36)31(4,5)6)11-16-28(35)33-32-19-21-9-14-25(15-10-21)39-20-22-7-12-24(13-8-22)34(37)38/h7-10,12-15,17-19,36H,11,16,20H2,1-6H3,(H,33,35)/b32-19-. The Morgan fingerprint density at radius 3 is 2.03 bits per heavy atom. The van der Waals surface area contributed by atoms with Crippen LogP contribution in [0.15, 0.2) is 65.8 Å². The highest BCUT2D eigenvalue weighted by Gasteiger charge is 2.26. The van der Waals surface area contributed by atoms with Gasteiger partial charge < -0.3 is 9.84 Å². The molecule has 8 nitrogen and oxygen atoms in total. The van der Waals surface area contributed by atoms with Crippen molar-refractivity contribution in [3.8, 4) is 11.5 Å². The van der Waals surface area contributed by atoms with Gasteiger partial charge in [0.05, 0.1) is 11.1 Å². The van der Waals surface area contributed by atoms with Crippen molar-refractivity contribution in [1.29, 1.82) is 0 Å². The second-order valence-electron chi connectivity index (χ2n) is 11.6. The van der Waals surface area contributed by atoms with Gasteiger partial charge >= 0.3 is 0 Å². The molecule has 1 amide bonds. The molecule has 0 bridgehead atoms. The molecule has 0 aromatic heterocycles. The number of amides is 1. The lowest BCUT2D eigenvalue weighted by Gasteiger charge is -2.28. The number of nitro benzene ring substituents is 1. The average Bonchev–Trinajstić information content (AvgIpc) is 2.86. The van der Waals surface area contributed by atoms with E-state index in [4.69, 9.17) is 4.74 Å². The van der Waals surface area contributed by atoms with Crippen molar-refractivity contribution < 1.29 is 19.6 Å². The van der Waals surface area contributed by atoms with Crippen LogP contribution in [0.3, 0.4) is 0 Å². The number of aromatic hydroxyl groups is 1. The number of nitrogens with one attached hydrogen (secondary N) is 1. The van der Waals surface area contributed by atoms with Gasteiger partial charge in [-0.2, -0.15) is 5.10 Å². The number of aryl methyl sites for hydroxylation is 1. The molecule has 3 aromatic rings. The van der Waals surface area contributed by atoms with Crippen LogP contribution in [0.5, 0.6) is 11.5 Å². The molecule has 0 atom stereocenters. The monoisotopic (exact) mass is 531 g/mol. The van der Waals surface area contributed by atoms with Gasteiger partial charge in [-0.05, 0) is 81.5 Å². The van der Waals surface area contributed by atoms with Crippen molar-refractivity contribution in [3.05, 3.63) is 98.6 Å². The highest BCUT2D eigenvalue weighted by molar-refractivity contribution is 5.82. The van der Waals surface area contributed by atoms with Crippen LogP contribution >= 0.6 is 0 Å². The molecule has 0 aliphatic rings. The number of hydrogen-bond donors (Lipinski definition) is 2. The summed E-state index contributed by atoms with van der Waals surface area (Å²) in [6, 6.07) is 17.4. The molecule has 0 saturated carbocycles.